The van der Waals surface area contributed by atoms with Crippen molar-refractivity contribution in [2.24, 2.45) is 5.73 Å². The van der Waals surface area contributed by atoms with Gasteiger partial charge >= 0.3 is 0 Å². The highest BCUT2D eigenvalue weighted by Crippen LogP contribution is 2.28. The Kier molecular flexibility index (Phi) is 4.94. The van der Waals surface area contributed by atoms with Crippen LogP contribution in [0.5, 0.6) is 0 Å². The summed E-state index contributed by atoms with van der Waals surface area (Å²) in [6.45, 7) is 5.61. The molecule has 2 heterocycles. The number of amidine groups is 1. The average molecular weight is 355 g/mol. The fourth-order valence-corrected chi connectivity index (χ4v) is 3.03. The second kappa shape index (κ2) is 7.17. The zero-order valence-electron chi connectivity index (χ0n) is 15.3. The highest BCUT2D eigenvalue weighted by molar-refractivity contribution is 6.00. The molecular formula is C18H25N7O. The van der Waals surface area contributed by atoms with E-state index in [0.717, 1.165) is 23.6 Å². The van der Waals surface area contributed by atoms with E-state index in [1.807, 2.05) is 12.1 Å². The van der Waals surface area contributed by atoms with Gasteiger partial charge in [-0.15, -0.1) is 0 Å². The Labute approximate surface area is 153 Å². The van der Waals surface area contributed by atoms with Crippen molar-refractivity contribution in [2.45, 2.75) is 26.0 Å². The first-order valence-corrected chi connectivity index (χ1v) is 8.58. The van der Waals surface area contributed by atoms with E-state index in [1.54, 1.807) is 19.2 Å². The number of morpholine rings is 1. The quantitative estimate of drug-likeness (QED) is 0.373. The maximum absolute atomic E-state index is 7.57. The predicted molar refractivity (Wildman–Crippen MR) is 105 cm³/mol. The summed E-state index contributed by atoms with van der Waals surface area (Å²) in [4.78, 5) is 11.4. The number of aromatic nitrogens is 2. The van der Waals surface area contributed by atoms with Crippen molar-refractivity contribution in [3.05, 3.63) is 29.8 Å². The van der Waals surface area contributed by atoms with Crippen molar-refractivity contribution in [1.29, 1.82) is 5.41 Å². The number of benzene rings is 1. The second-order valence-corrected chi connectivity index (χ2v) is 6.55. The number of ether oxygens (including phenoxy) is 1. The van der Waals surface area contributed by atoms with E-state index >= 15 is 0 Å². The van der Waals surface area contributed by atoms with Gasteiger partial charge in [-0.2, -0.15) is 4.98 Å². The number of nitrogens with zero attached hydrogens (tertiary/aromatic N) is 3. The molecule has 0 bridgehead atoms. The smallest absolute Gasteiger partial charge is 0.224 e. The SMILES string of the molecule is CNc1nc(-c2ccc(C(=N)N)c(N)c2)cc(N2CC(C)OCC2C)n1. The normalized spacial score (nSPS) is 20.0. The zero-order valence-corrected chi connectivity index (χ0v) is 15.3. The molecule has 1 aliphatic rings. The molecule has 26 heavy (non-hydrogen) atoms. The minimum atomic E-state index is -0.0514. The van der Waals surface area contributed by atoms with Crippen molar-refractivity contribution >= 4 is 23.3 Å². The van der Waals surface area contributed by atoms with Gasteiger partial charge in [-0.3, -0.25) is 5.41 Å². The standard InChI is InChI=1S/C18H25N7O/c1-10-9-26-11(2)8-25(10)16-7-15(23-18(22-3)24-16)12-4-5-13(17(20)21)14(19)6-12/h4-7,10-11H,8-9,19H2,1-3H3,(H3,20,21)(H,22,23,24). The van der Waals surface area contributed by atoms with Crippen LogP contribution in [0, 0.1) is 5.41 Å². The van der Waals surface area contributed by atoms with E-state index in [2.05, 4.69) is 34.0 Å². The molecule has 8 nitrogen and oxygen atoms in total. The first-order valence-electron chi connectivity index (χ1n) is 8.58. The summed E-state index contributed by atoms with van der Waals surface area (Å²) < 4.78 is 5.72. The Bertz CT molecular complexity index is 823. The van der Waals surface area contributed by atoms with Gasteiger partial charge in [0.1, 0.15) is 11.7 Å². The molecule has 1 fully saturated rings. The molecule has 0 radical (unpaired) electrons. The molecule has 138 valence electrons. The van der Waals surface area contributed by atoms with Crippen LogP contribution in [-0.4, -0.2) is 48.1 Å². The predicted octanol–water partition coefficient (Wildman–Crippen LogP) is 1.67. The molecule has 2 atom stereocenters. The number of hydrogen-bond donors (Lipinski definition) is 4. The summed E-state index contributed by atoms with van der Waals surface area (Å²) in [5.41, 5.74) is 14.2. The van der Waals surface area contributed by atoms with Gasteiger partial charge in [0.05, 0.1) is 24.4 Å². The van der Waals surface area contributed by atoms with Crippen LogP contribution in [-0.2, 0) is 4.74 Å². The topological polar surface area (TPSA) is 126 Å². The minimum Gasteiger partial charge on any atom is -0.398 e. The minimum absolute atomic E-state index is 0.0514. The largest absolute Gasteiger partial charge is 0.398 e. The van der Waals surface area contributed by atoms with Gasteiger partial charge in [0.2, 0.25) is 5.95 Å². The number of nitrogens with one attached hydrogen (secondary N) is 2. The Balaban J connectivity index is 2.03. The number of hydrogen-bond acceptors (Lipinski definition) is 7. The highest BCUT2D eigenvalue weighted by Gasteiger charge is 2.25. The van der Waals surface area contributed by atoms with Crippen molar-refractivity contribution in [3.63, 3.8) is 0 Å². The number of nitrogen functional groups attached to an aromatic ring is 2. The first kappa shape index (κ1) is 17.9. The maximum atomic E-state index is 7.57. The third kappa shape index (κ3) is 3.55. The molecule has 6 N–H and O–H groups in total. The van der Waals surface area contributed by atoms with Gasteiger partial charge in [-0.05, 0) is 26.0 Å². The summed E-state index contributed by atoms with van der Waals surface area (Å²) in [5, 5.41) is 10.6. The Morgan fingerprint density at radius 3 is 2.73 bits per heavy atom. The Hall–Kier alpha value is -2.87. The summed E-state index contributed by atoms with van der Waals surface area (Å²) in [5.74, 6) is 1.33. The van der Waals surface area contributed by atoms with E-state index in [4.69, 9.17) is 21.6 Å². The van der Waals surface area contributed by atoms with Gasteiger partial charge in [0.25, 0.3) is 0 Å². The van der Waals surface area contributed by atoms with Crippen LogP contribution in [0.25, 0.3) is 11.3 Å². The lowest BCUT2D eigenvalue weighted by molar-refractivity contribution is 0.0340. The molecule has 8 heteroatoms. The van der Waals surface area contributed by atoms with E-state index in [1.165, 1.54) is 0 Å². The Morgan fingerprint density at radius 2 is 2.08 bits per heavy atom. The van der Waals surface area contributed by atoms with Crippen LogP contribution >= 0.6 is 0 Å². The highest BCUT2D eigenvalue weighted by atomic mass is 16.5. The van der Waals surface area contributed by atoms with Gasteiger partial charge in [-0.25, -0.2) is 4.98 Å². The van der Waals surface area contributed by atoms with Crippen molar-refractivity contribution in [1.82, 2.24) is 9.97 Å². The van der Waals surface area contributed by atoms with E-state index < -0.39 is 0 Å². The third-order valence-corrected chi connectivity index (χ3v) is 4.48. The Morgan fingerprint density at radius 1 is 1.31 bits per heavy atom. The van der Waals surface area contributed by atoms with Crippen molar-refractivity contribution in [3.8, 4) is 11.3 Å². The van der Waals surface area contributed by atoms with Crippen LogP contribution in [0.15, 0.2) is 24.3 Å². The zero-order chi connectivity index (χ0) is 18.8. The van der Waals surface area contributed by atoms with Crippen LogP contribution in [0.4, 0.5) is 17.5 Å². The summed E-state index contributed by atoms with van der Waals surface area (Å²) in [7, 11) is 1.79. The van der Waals surface area contributed by atoms with Gasteiger partial charge in [0, 0.05) is 36.5 Å². The van der Waals surface area contributed by atoms with Crippen LogP contribution in [0.2, 0.25) is 0 Å². The fraction of sp³-hybridized carbons (Fsp3) is 0.389. The average Bonchev–Trinajstić information content (AvgIpc) is 2.62. The molecule has 2 unspecified atom stereocenters. The van der Waals surface area contributed by atoms with E-state index in [9.17, 15) is 0 Å². The van der Waals surface area contributed by atoms with Crippen LogP contribution in [0.1, 0.15) is 19.4 Å². The molecule has 0 amide bonds. The summed E-state index contributed by atoms with van der Waals surface area (Å²) in [6.07, 6.45) is 0.146. The van der Waals surface area contributed by atoms with Crippen LogP contribution in [0.3, 0.4) is 0 Å². The second-order valence-electron chi connectivity index (χ2n) is 6.55. The molecule has 0 saturated carbocycles. The molecule has 1 saturated heterocycles. The number of nitrogens with two attached hydrogens (primary N) is 2. The molecule has 1 aromatic carbocycles. The van der Waals surface area contributed by atoms with Gasteiger partial charge in [-0.1, -0.05) is 6.07 Å². The van der Waals surface area contributed by atoms with Crippen molar-refractivity contribution in [2.75, 3.05) is 36.1 Å². The molecule has 3 rings (SSSR count). The summed E-state index contributed by atoms with van der Waals surface area (Å²) in [6, 6.07) is 7.58. The molecule has 2 aromatic rings. The lowest BCUT2D eigenvalue weighted by Crippen LogP contribution is -2.47. The molecule has 0 spiro atoms. The van der Waals surface area contributed by atoms with E-state index in [0.29, 0.717) is 23.8 Å². The lowest BCUT2D eigenvalue weighted by atomic mass is 10.1. The molecule has 1 aliphatic heterocycles. The lowest BCUT2D eigenvalue weighted by Gasteiger charge is -2.37. The van der Waals surface area contributed by atoms with Crippen LogP contribution < -0.4 is 21.7 Å². The van der Waals surface area contributed by atoms with Gasteiger partial charge < -0.3 is 26.4 Å². The number of anilines is 3. The molecule has 0 aliphatic carbocycles. The van der Waals surface area contributed by atoms with Gasteiger partial charge in [0.15, 0.2) is 0 Å². The maximum Gasteiger partial charge on any atom is 0.224 e. The molecular weight excluding hydrogens is 330 g/mol. The summed E-state index contributed by atoms with van der Waals surface area (Å²) >= 11 is 0. The van der Waals surface area contributed by atoms with Crippen molar-refractivity contribution < 1.29 is 4.74 Å². The molecule has 1 aromatic heterocycles. The first-order chi connectivity index (χ1) is 12.4. The third-order valence-electron chi connectivity index (χ3n) is 4.48. The fourth-order valence-electron chi connectivity index (χ4n) is 3.03. The monoisotopic (exact) mass is 355 g/mol. The van der Waals surface area contributed by atoms with E-state index in [-0.39, 0.29) is 18.0 Å². The number of rotatable bonds is 4.